The number of benzene rings is 2. The van der Waals surface area contributed by atoms with Crippen LogP contribution in [0.2, 0.25) is 0 Å². The minimum Gasteiger partial charge on any atom is -0.103 e. The Morgan fingerprint density at radius 1 is 1.00 bits per heavy atom. The summed E-state index contributed by atoms with van der Waals surface area (Å²) in [7, 11) is 0. The van der Waals surface area contributed by atoms with Gasteiger partial charge in [0.2, 0.25) is 0 Å². The summed E-state index contributed by atoms with van der Waals surface area (Å²) in [5.74, 6) is 0.499. The van der Waals surface area contributed by atoms with Crippen LogP contribution in [0.3, 0.4) is 0 Å². The van der Waals surface area contributed by atoms with Crippen LogP contribution in [0.1, 0.15) is 88.0 Å². The highest BCUT2D eigenvalue weighted by atomic mass is 14.2. The summed E-state index contributed by atoms with van der Waals surface area (Å²) in [5.41, 5.74) is 7.63. The van der Waals surface area contributed by atoms with Gasteiger partial charge in [0.05, 0.1) is 0 Å². The second-order valence-electron chi connectivity index (χ2n) is 7.91. The van der Waals surface area contributed by atoms with Crippen molar-refractivity contribution in [3.8, 4) is 0 Å². The summed E-state index contributed by atoms with van der Waals surface area (Å²) in [5, 5.41) is 0. The van der Waals surface area contributed by atoms with Gasteiger partial charge >= 0.3 is 0 Å². The number of hydrogen-bond acceptors (Lipinski definition) is 0. The fourth-order valence-electron chi connectivity index (χ4n) is 3.38. The SMILES string of the molecule is C=C(C)c1ccc(C2=CCC(c3ccc(C)cc3)C=C2)cc1.C=CCCCCC.CC. The molecule has 3 rings (SSSR count). The molecule has 166 valence electrons. The minimum atomic E-state index is 0.499. The van der Waals surface area contributed by atoms with Crippen LogP contribution in [-0.2, 0) is 0 Å². The monoisotopic (exact) mass is 414 g/mol. The van der Waals surface area contributed by atoms with Crippen molar-refractivity contribution >= 4 is 11.1 Å². The molecule has 31 heavy (non-hydrogen) atoms. The van der Waals surface area contributed by atoms with E-state index in [2.05, 4.69) is 93.8 Å². The summed E-state index contributed by atoms with van der Waals surface area (Å²) in [6.45, 7) is 18.0. The number of hydrogen-bond donors (Lipinski definition) is 0. The first kappa shape index (κ1) is 26.4. The molecule has 0 heterocycles. The number of rotatable bonds is 7. The Hall–Kier alpha value is -2.60. The summed E-state index contributed by atoms with van der Waals surface area (Å²) < 4.78 is 0. The molecule has 0 bridgehead atoms. The molecule has 0 fully saturated rings. The van der Waals surface area contributed by atoms with Crippen LogP contribution in [0.25, 0.3) is 11.1 Å². The van der Waals surface area contributed by atoms with Crippen LogP contribution >= 0.6 is 0 Å². The van der Waals surface area contributed by atoms with Crippen LogP contribution in [0.5, 0.6) is 0 Å². The van der Waals surface area contributed by atoms with E-state index >= 15 is 0 Å². The maximum atomic E-state index is 3.99. The van der Waals surface area contributed by atoms with Crippen LogP contribution in [0, 0.1) is 6.92 Å². The molecule has 0 nitrogen and oxygen atoms in total. The quantitative estimate of drug-likeness (QED) is 0.312. The van der Waals surface area contributed by atoms with Gasteiger partial charge in [-0.1, -0.05) is 124 Å². The third-order valence-electron chi connectivity index (χ3n) is 5.33. The predicted octanol–water partition coefficient (Wildman–Crippen LogP) is 9.93. The highest BCUT2D eigenvalue weighted by Gasteiger charge is 2.11. The summed E-state index contributed by atoms with van der Waals surface area (Å²) in [6, 6.07) is 17.5. The predicted molar refractivity (Wildman–Crippen MR) is 142 cm³/mol. The van der Waals surface area contributed by atoms with Crippen molar-refractivity contribution in [2.24, 2.45) is 0 Å². The van der Waals surface area contributed by atoms with E-state index in [9.17, 15) is 0 Å². The average Bonchev–Trinajstić information content (AvgIpc) is 2.82. The molecule has 0 radical (unpaired) electrons. The summed E-state index contributed by atoms with van der Waals surface area (Å²) >= 11 is 0. The van der Waals surface area contributed by atoms with Gasteiger partial charge in [0.25, 0.3) is 0 Å². The molecular formula is C31H42. The van der Waals surface area contributed by atoms with Gasteiger partial charge in [-0.3, -0.25) is 0 Å². The standard InChI is InChI=1S/C22H22.C7H14.C2H6/c1-16(2)18-8-10-20(11-9-18)22-14-12-21(13-15-22)19-6-4-17(3)5-7-19;1-3-5-7-6-4-2;1-2/h4-12,14-15,21H,1,13H2,2-3H3;3H,1,4-7H2,2H3;1-2H3. The third kappa shape index (κ3) is 9.39. The molecule has 1 aliphatic rings. The molecule has 0 saturated heterocycles. The van der Waals surface area contributed by atoms with Gasteiger partial charge < -0.3 is 0 Å². The largest absolute Gasteiger partial charge is 0.103 e. The Balaban J connectivity index is 0.000000457. The number of aryl methyl sites for hydroxylation is 1. The third-order valence-corrected chi connectivity index (χ3v) is 5.33. The fraction of sp³-hybridized carbons (Fsp3) is 0.355. The van der Waals surface area contributed by atoms with Gasteiger partial charge in [-0.15, -0.1) is 6.58 Å². The molecule has 0 amide bonds. The Labute approximate surface area is 192 Å². The lowest BCUT2D eigenvalue weighted by Crippen LogP contribution is -1.98. The van der Waals surface area contributed by atoms with Crippen LogP contribution in [0.15, 0.2) is 86.0 Å². The molecule has 1 unspecified atom stereocenters. The van der Waals surface area contributed by atoms with Crippen LogP contribution < -0.4 is 0 Å². The first-order valence-corrected chi connectivity index (χ1v) is 11.9. The van der Waals surface area contributed by atoms with Crippen LogP contribution in [-0.4, -0.2) is 0 Å². The zero-order valence-electron chi connectivity index (χ0n) is 20.5. The molecule has 0 aliphatic heterocycles. The molecular weight excluding hydrogens is 372 g/mol. The smallest absolute Gasteiger partial charge is 0.00561 e. The van der Waals surface area contributed by atoms with E-state index in [0.717, 1.165) is 12.0 Å². The molecule has 0 aromatic heterocycles. The van der Waals surface area contributed by atoms with Crippen molar-refractivity contribution in [1.29, 1.82) is 0 Å². The van der Waals surface area contributed by atoms with Gasteiger partial charge in [-0.05, 0) is 55.4 Å². The van der Waals surface area contributed by atoms with E-state index in [0.29, 0.717) is 5.92 Å². The first-order valence-electron chi connectivity index (χ1n) is 11.9. The molecule has 0 spiro atoms. The minimum absolute atomic E-state index is 0.499. The Morgan fingerprint density at radius 3 is 2.13 bits per heavy atom. The lowest BCUT2D eigenvalue weighted by Gasteiger charge is -2.17. The highest BCUT2D eigenvalue weighted by molar-refractivity contribution is 5.76. The van der Waals surface area contributed by atoms with Crippen molar-refractivity contribution in [1.82, 2.24) is 0 Å². The van der Waals surface area contributed by atoms with Crippen molar-refractivity contribution in [3.05, 3.63) is 108 Å². The van der Waals surface area contributed by atoms with Gasteiger partial charge in [-0.25, -0.2) is 0 Å². The zero-order chi connectivity index (χ0) is 23.1. The number of allylic oxidation sites excluding steroid dienone is 6. The molecule has 0 heteroatoms. The highest BCUT2D eigenvalue weighted by Crippen LogP contribution is 2.31. The summed E-state index contributed by atoms with van der Waals surface area (Å²) in [6.07, 6.45) is 15.2. The van der Waals surface area contributed by atoms with E-state index in [1.165, 1.54) is 53.5 Å². The molecule has 0 saturated carbocycles. The first-order chi connectivity index (χ1) is 15.0. The summed E-state index contributed by atoms with van der Waals surface area (Å²) in [4.78, 5) is 0. The molecule has 2 aromatic carbocycles. The Morgan fingerprint density at radius 2 is 1.65 bits per heavy atom. The van der Waals surface area contributed by atoms with E-state index in [1.807, 2.05) is 26.8 Å². The van der Waals surface area contributed by atoms with E-state index in [1.54, 1.807) is 0 Å². The zero-order valence-corrected chi connectivity index (χ0v) is 20.5. The molecule has 1 atom stereocenters. The second-order valence-corrected chi connectivity index (χ2v) is 7.91. The topological polar surface area (TPSA) is 0 Å². The molecule has 1 aliphatic carbocycles. The number of unbranched alkanes of at least 4 members (excludes halogenated alkanes) is 3. The Bertz CT molecular complexity index is 829. The lowest BCUT2D eigenvalue weighted by molar-refractivity contribution is 0.730. The van der Waals surface area contributed by atoms with Gasteiger partial charge in [0.1, 0.15) is 0 Å². The van der Waals surface area contributed by atoms with Crippen molar-refractivity contribution < 1.29 is 0 Å². The van der Waals surface area contributed by atoms with Crippen LogP contribution in [0.4, 0.5) is 0 Å². The average molecular weight is 415 g/mol. The van der Waals surface area contributed by atoms with E-state index in [-0.39, 0.29) is 0 Å². The van der Waals surface area contributed by atoms with Crippen molar-refractivity contribution in [3.63, 3.8) is 0 Å². The van der Waals surface area contributed by atoms with Gasteiger partial charge in [-0.2, -0.15) is 0 Å². The second kappa shape index (κ2) is 15.2. The maximum Gasteiger partial charge on any atom is 0.00561 e. The maximum absolute atomic E-state index is 3.99. The van der Waals surface area contributed by atoms with Crippen molar-refractivity contribution in [2.75, 3.05) is 0 Å². The molecule has 2 aromatic rings. The van der Waals surface area contributed by atoms with E-state index in [4.69, 9.17) is 0 Å². The normalized spacial score (nSPS) is 14.4. The fourth-order valence-corrected chi connectivity index (χ4v) is 3.38. The molecule has 0 N–H and O–H groups in total. The van der Waals surface area contributed by atoms with E-state index < -0.39 is 0 Å². The Kier molecular flexibility index (Phi) is 13.0. The van der Waals surface area contributed by atoms with Crippen molar-refractivity contribution in [2.45, 2.75) is 72.6 Å². The van der Waals surface area contributed by atoms with Gasteiger partial charge in [0.15, 0.2) is 0 Å². The lowest BCUT2D eigenvalue weighted by atomic mass is 9.88. The van der Waals surface area contributed by atoms with Gasteiger partial charge in [0, 0.05) is 5.92 Å².